The standard InChI is InChI=1S/C18H16N4OS3/c1-2-22-17(23)13-10-5-3-4-6-12(10)25-16(13)21-18(22)26-15-11-7-8-24-14(11)19-9-20-15/h7-9H,2-6H2,1H3. The molecular formula is C18H16N4OS3. The predicted molar refractivity (Wildman–Crippen MR) is 108 cm³/mol. The summed E-state index contributed by atoms with van der Waals surface area (Å²) in [5.41, 5.74) is 1.34. The summed E-state index contributed by atoms with van der Waals surface area (Å²) in [5.74, 6) is 0. The summed E-state index contributed by atoms with van der Waals surface area (Å²) < 4.78 is 1.79. The maximum absolute atomic E-state index is 13.2. The summed E-state index contributed by atoms with van der Waals surface area (Å²) in [6, 6.07) is 2.03. The van der Waals surface area contributed by atoms with Gasteiger partial charge < -0.3 is 0 Å². The van der Waals surface area contributed by atoms with Crippen LogP contribution in [0.4, 0.5) is 0 Å². The number of fused-ring (bicyclic) bond motifs is 4. The second kappa shape index (κ2) is 6.44. The monoisotopic (exact) mass is 400 g/mol. The van der Waals surface area contributed by atoms with E-state index in [0.717, 1.165) is 49.9 Å². The zero-order valence-corrected chi connectivity index (χ0v) is 16.6. The van der Waals surface area contributed by atoms with Crippen molar-refractivity contribution in [1.82, 2.24) is 19.5 Å². The fourth-order valence-electron chi connectivity index (χ4n) is 3.51. The Labute approximate surface area is 162 Å². The average molecular weight is 401 g/mol. The van der Waals surface area contributed by atoms with Crippen LogP contribution in [0, 0.1) is 0 Å². The Bertz CT molecular complexity index is 1190. The minimum absolute atomic E-state index is 0.0926. The molecule has 0 saturated carbocycles. The second-order valence-corrected chi connectivity index (χ2v) is 9.19. The molecule has 5 nitrogen and oxygen atoms in total. The summed E-state index contributed by atoms with van der Waals surface area (Å²) in [6.07, 6.45) is 6.03. The lowest BCUT2D eigenvalue weighted by Crippen LogP contribution is -2.22. The Morgan fingerprint density at radius 1 is 1.23 bits per heavy atom. The van der Waals surface area contributed by atoms with Crippen LogP contribution in [0.25, 0.3) is 20.4 Å². The molecule has 0 fully saturated rings. The van der Waals surface area contributed by atoms with Crippen LogP contribution >= 0.6 is 34.4 Å². The Hall–Kier alpha value is -1.77. The Morgan fingerprint density at radius 3 is 3.00 bits per heavy atom. The first-order valence-electron chi connectivity index (χ1n) is 8.67. The molecule has 0 aliphatic heterocycles. The third kappa shape index (κ3) is 2.51. The van der Waals surface area contributed by atoms with Gasteiger partial charge in [-0.15, -0.1) is 22.7 Å². The molecule has 0 N–H and O–H groups in total. The van der Waals surface area contributed by atoms with Gasteiger partial charge in [-0.3, -0.25) is 9.36 Å². The lowest BCUT2D eigenvalue weighted by atomic mass is 9.97. The van der Waals surface area contributed by atoms with E-state index in [9.17, 15) is 4.79 Å². The van der Waals surface area contributed by atoms with Crippen molar-refractivity contribution in [3.8, 4) is 0 Å². The lowest BCUT2D eigenvalue weighted by Gasteiger charge is -2.12. The number of rotatable bonds is 3. The van der Waals surface area contributed by atoms with Gasteiger partial charge in [-0.2, -0.15) is 0 Å². The minimum atomic E-state index is 0.0926. The van der Waals surface area contributed by atoms with Crippen molar-refractivity contribution in [3.63, 3.8) is 0 Å². The minimum Gasteiger partial charge on any atom is -0.287 e. The van der Waals surface area contributed by atoms with E-state index in [4.69, 9.17) is 4.98 Å². The van der Waals surface area contributed by atoms with Crippen LogP contribution in [-0.4, -0.2) is 19.5 Å². The number of hydrogen-bond donors (Lipinski definition) is 0. The zero-order valence-electron chi connectivity index (χ0n) is 14.2. The van der Waals surface area contributed by atoms with E-state index in [0.29, 0.717) is 6.54 Å². The molecule has 0 bridgehead atoms. The lowest BCUT2D eigenvalue weighted by molar-refractivity contribution is 0.633. The third-order valence-electron chi connectivity index (χ3n) is 4.77. The normalized spacial score (nSPS) is 14.2. The van der Waals surface area contributed by atoms with Gasteiger partial charge in [-0.1, -0.05) is 0 Å². The highest BCUT2D eigenvalue weighted by atomic mass is 32.2. The van der Waals surface area contributed by atoms with Gasteiger partial charge in [0.1, 0.15) is 21.0 Å². The first-order chi connectivity index (χ1) is 12.8. The quantitative estimate of drug-likeness (QED) is 0.374. The second-order valence-electron chi connectivity index (χ2n) is 6.26. The molecule has 4 aromatic rings. The molecule has 4 heterocycles. The number of aryl methyl sites for hydroxylation is 2. The van der Waals surface area contributed by atoms with Crippen LogP contribution < -0.4 is 5.56 Å². The molecule has 0 saturated heterocycles. The van der Waals surface area contributed by atoms with Crippen LogP contribution in [0.5, 0.6) is 0 Å². The van der Waals surface area contributed by atoms with Crippen LogP contribution in [0.1, 0.15) is 30.2 Å². The molecule has 0 aromatic carbocycles. The molecule has 8 heteroatoms. The van der Waals surface area contributed by atoms with Gasteiger partial charge in [-0.05, 0) is 61.4 Å². The molecule has 0 amide bonds. The molecule has 0 atom stereocenters. The highest BCUT2D eigenvalue weighted by Crippen LogP contribution is 2.36. The van der Waals surface area contributed by atoms with Gasteiger partial charge in [-0.25, -0.2) is 15.0 Å². The molecule has 1 aliphatic carbocycles. The van der Waals surface area contributed by atoms with E-state index in [1.807, 2.05) is 18.4 Å². The van der Waals surface area contributed by atoms with Crippen LogP contribution in [-0.2, 0) is 19.4 Å². The van der Waals surface area contributed by atoms with Crippen molar-refractivity contribution in [2.75, 3.05) is 0 Å². The summed E-state index contributed by atoms with van der Waals surface area (Å²) in [6.45, 7) is 2.60. The largest absolute Gasteiger partial charge is 0.287 e. The summed E-state index contributed by atoms with van der Waals surface area (Å²) in [4.78, 5) is 30.0. The van der Waals surface area contributed by atoms with Gasteiger partial charge in [0.15, 0.2) is 5.16 Å². The molecule has 1 aliphatic rings. The van der Waals surface area contributed by atoms with Gasteiger partial charge in [0.2, 0.25) is 0 Å². The smallest absolute Gasteiger partial charge is 0.263 e. The van der Waals surface area contributed by atoms with Gasteiger partial charge in [0, 0.05) is 16.8 Å². The first kappa shape index (κ1) is 16.4. The molecule has 26 heavy (non-hydrogen) atoms. The fourth-order valence-corrected chi connectivity index (χ4v) is 6.63. The number of hydrogen-bond acceptors (Lipinski definition) is 7. The molecular weight excluding hydrogens is 384 g/mol. The maximum atomic E-state index is 13.2. The van der Waals surface area contributed by atoms with Crippen molar-refractivity contribution in [2.45, 2.75) is 49.3 Å². The summed E-state index contributed by atoms with van der Waals surface area (Å²) in [5, 5.41) is 5.45. The third-order valence-corrected chi connectivity index (χ3v) is 7.79. The van der Waals surface area contributed by atoms with Crippen molar-refractivity contribution >= 4 is 54.9 Å². The highest BCUT2D eigenvalue weighted by Gasteiger charge is 2.22. The zero-order chi connectivity index (χ0) is 17.7. The highest BCUT2D eigenvalue weighted by molar-refractivity contribution is 7.99. The van der Waals surface area contributed by atoms with Crippen molar-refractivity contribution < 1.29 is 0 Å². The SMILES string of the molecule is CCn1c(Sc2ncnc3sccc23)nc2sc3c(c2c1=O)CCCC3. The molecule has 132 valence electrons. The van der Waals surface area contributed by atoms with Gasteiger partial charge in [0.25, 0.3) is 5.56 Å². The number of nitrogens with zero attached hydrogens (tertiary/aromatic N) is 4. The van der Waals surface area contributed by atoms with Crippen LogP contribution in [0.2, 0.25) is 0 Å². The predicted octanol–water partition coefficient (Wildman–Crippen LogP) is 4.51. The summed E-state index contributed by atoms with van der Waals surface area (Å²) >= 11 is 4.75. The van der Waals surface area contributed by atoms with E-state index in [-0.39, 0.29) is 5.56 Å². The van der Waals surface area contributed by atoms with Crippen molar-refractivity contribution in [2.24, 2.45) is 0 Å². The Kier molecular flexibility index (Phi) is 4.06. The number of aromatic nitrogens is 4. The summed E-state index contributed by atoms with van der Waals surface area (Å²) in [7, 11) is 0. The van der Waals surface area contributed by atoms with E-state index in [1.165, 1.54) is 28.6 Å². The fraction of sp³-hybridized carbons (Fsp3) is 0.333. The molecule has 0 unspecified atom stereocenters. The van der Waals surface area contributed by atoms with Gasteiger partial charge in [0.05, 0.1) is 5.39 Å². The van der Waals surface area contributed by atoms with Crippen molar-refractivity contribution in [1.29, 1.82) is 0 Å². The number of thiophene rings is 2. The Morgan fingerprint density at radius 2 is 2.12 bits per heavy atom. The Balaban J connectivity index is 1.70. The van der Waals surface area contributed by atoms with E-state index in [2.05, 4.69) is 9.97 Å². The first-order valence-corrected chi connectivity index (χ1v) is 11.2. The molecule has 0 radical (unpaired) electrons. The van der Waals surface area contributed by atoms with E-state index in [1.54, 1.807) is 33.6 Å². The molecule has 4 aromatic heterocycles. The van der Waals surface area contributed by atoms with Crippen LogP contribution in [0.15, 0.2) is 32.8 Å². The van der Waals surface area contributed by atoms with Crippen molar-refractivity contribution in [3.05, 3.63) is 38.6 Å². The van der Waals surface area contributed by atoms with E-state index < -0.39 is 0 Å². The maximum Gasteiger partial charge on any atom is 0.263 e. The topological polar surface area (TPSA) is 60.7 Å². The van der Waals surface area contributed by atoms with Gasteiger partial charge >= 0.3 is 0 Å². The van der Waals surface area contributed by atoms with E-state index >= 15 is 0 Å². The average Bonchev–Trinajstić information content (AvgIpc) is 3.26. The van der Waals surface area contributed by atoms with Crippen LogP contribution in [0.3, 0.4) is 0 Å². The molecule has 5 rings (SSSR count). The molecule has 0 spiro atoms.